The fourth-order valence-electron chi connectivity index (χ4n) is 3.19. The molecule has 1 N–H and O–H groups in total. The van der Waals surface area contributed by atoms with Crippen LogP contribution in [0.4, 0.5) is 18.9 Å². The Morgan fingerprint density at radius 2 is 1.81 bits per heavy atom. The number of piperazine rings is 1. The summed E-state index contributed by atoms with van der Waals surface area (Å²) in [6.45, 7) is 3.15. The van der Waals surface area contributed by atoms with Crippen molar-refractivity contribution in [3.63, 3.8) is 0 Å². The van der Waals surface area contributed by atoms with Gasteiger partial charge in [0.15, 0.2) is 11.5 Å². The van der Waals surface area contributed by atoms with Crippen molar-refractivity contribution in [2.45, 2.75) is 12.7 Å². The zero-order chi connectivity index (χ0) is 19.6. The van der Waals surface area contributed by atoms with Gasteiger partial charge in [-0.15, -0.1) is 0 Å². The van der Waals surface area contributed by atoms with Crippen molar-refractivity contribution in [2.75, 3.05) is 38.2 Å². The minimum absolute atomic E-state index is 0.112. The number of benzene rings is 2. The van der Waals surface area contributed by atoms with Crippen LogP contribution in [0.2, 0.25) is 0 Å². The van der Waals surface area contributed by atoms with Crippen LogP contribution < -0.4 is 9.64 Å². The van der Waals surface area contributed by atoms with Crippen molar-refractivity contribution < 1.29 is 23.0 Å². The zero-order valence-corrected chi connectivity index (χ0v) is 16.3. The van der Waals surface area contributed by atoms with Crippen molar-refractivity contribution in [1.82, 2.24) is 4.90 Å². The quantitative estimate of drug-likeness (QED) is 0.752. The molecule has 1 heterocycles. The summed E-state index contributed by atoms with van der Waals surface area (Å²) >= 11 is 3.41. The first kappa shape index (κ1) is 19.8. The van der Waals surface area contributed by atoms with Crippen molar-refractivity contribution >= 4 is 21.6 Å². The monoisotopic (exact) mass is 444 g/mol. The lowest BCUT2D eigenvalue weighted by atomic mass is 10.1. The number of ether oxygens (including phenoxy) is 1. The maximum atomic E-state index is 12.9. The fourth-order valence-corrected chi connectivity index (χ4v) is 3.67. The number of phenols is 1. The molecule has 27 heavy (non-hydrogen) atoms. The molecule has 0 atom stereocenters. The standard InChI is InChI=1S/C19H20BrF3N2O2/c1-27-17-11-15(20)9-13(18(17)26)12-24-5-7-25(8-6-24)16-4-2-3-14(10-16)19(21,22)23/h2-4,9-11,26H,5-8,12H2,1H3. The Morgan fingerprint density at radius 3 is 2.44 bits per heavy atom. The van der Waals surface area contributed by atoms with Crippen molar-refractivity contribution in [3.05, 3.63) is 52.0 Å². The predicted octanol–water partition coefficient (Wildman–Crippen LogP) is 4.50. The van der Waals surface area contributed by atoms with Crippen LogP contribution in [0.1, 0.15) is 11.1 Å². The average molecular weight is 445 g/mol. The van der Waals surface area contributed by atoms with Gasteiger partial charge in [0.25, 0.3) is 0 Å². The number of halogens is 4. The Morgan fingerprint density at radius 1 is 1.11 bits per heavy atom. The van der Waals surface area contributed by atoms with Crippen LogP contribution in [-0.4, -0.2) is 43.3 Å². The third kappa shape index (κ3) is 4.68. The molecule has 0 spiro atoms. The normalized spacial score (nSPS) is 15.8. The van der Waals surface area contributed by atoms with E-state index in [9.17, 15) is 18.3 Å². The highest BCUT2D eigenvalue weighted by Crippen LogP contribution is 2.35. The van der Waals surface area contributed by atoms with Crippen molar-refractivity contribution in [3.8, 4) is 11.5 Å². The van der Waals surface area contributed by atoms with Gasteiger partial charge in [-0.1, -0.05) is 22.0 Å². The van der Waals surface area contributed by atoms with E-state index in [-0.39, 0.29) is 5.75 Å². The van der Waals surface area contributed by atoms with Gasteiger partial charge in [0, 0.05) is 48.4 Å². The zero-order valence-electron chi connectivity index (χ0n) is 14.8. The SMILES string of the molecule is COc1cc(Br)cc(CN2CCN(c3cccc(C(F)(F)F)c3)CC2)c1O. The second-order valence-electron chi connectivity index (χ2n) is 6.43. The second kappa shape index (κ2) is 7.98. The van der Waals surface area contributed by atoms with E-state index >= 15 is 0 Å². The Kier molecular flexibility index (Phi) is 5.86. The average Bonchev–Trinajstić information content (AvgIpc) is 2.64. The van der Waals surface area contributed by atoms with Gasteiger partial charge < -0.3 is 14.7 Å². The Bertz CT molecular complexity index is 806. The highest BCUT2D eigenvalue weighted by molar-refractivity contribution is 9.10. The smallest absolute Gasteiger partial charge is 0.416 e. The largest absolute Gasteiger partial charge is 0.504 e. The topological polar surface area (TPSA) is 35.9 Å². The molecule has 0 amide bonds. The number of hydrogen-bond acceptors (Lipinski definition) is 4. The summed E-state index contributed by atoms with van der Waals surface area (Å²) in [4.78, 5) is 4.11. The van der Waals surface area contributed by atoms with Crippen molar-refractivity contribution in [2.24, 2.45) is 0 Å². The number of anilines is 1. The van der Waals surface area contributed by atoms with E-state index in [1.165, 1.54) is 19.2 Å². The summed E-state index contributed by atoms with van der Waals surface area (Å²) in [5.74, 6) is 0.517. The van der Waals surface area contributed by atoms with Gasteiger partial charge in [0.2, 0.25) is 0 Å². The maximum Gasteiger partial charge on any atom is 0.416 e. The summed E-state index contributed by atoms with van der Waals surface area (Å²) in [7, 11) is 1.50. The molecule has 0 saturated carbocycles. The number of phenolic OH excluding ortho intramolecular Hbond substituents is 1. The summed E-state index contributed by atoms with van der Waals surface area (Å²) in [6, 6.07) is 8.97. The van der Waals surface area contributed by atoms with Crippen LogP contribution in [0.15, 0.2) is 40.9 Å². The molecule has 0 unspecified atom stereocenters. The van der Waals surface area contributed by atoms with E-state index in [1.54, 1.807) is 12.1 Å². The van der Waals surface area contributed by atoms with Gasteiger partial charge in [0.05, 0.1) is 12.7 Å². The van der Waals surface area contributed by atoms with Gasteiger partial charge >= 0.3 is 6.18 Å². The van der Waals surface area contributed by atoms with Gasteiger partial charge in [-0.05, 0) is 30.3 Å². The highest BCUT2D eigenvalue weighted by Gasteiger charge is 2.31. The molecule has 2 aromatic rings. The Balaban J connectivity index is 1.66. The third-order valence-electron chi connectivity index (χ3n) is 4.64. The summed E-state index contributed by atoms with van der Waals surface area (Å²) in [5, 5.41) is 10.3. The number of aromatic hydroxyl groups is 1. The van der Waals surface area contributed by atoms with E-state index in [2.05, 4.69) is 20.8 Å². The van der Waals surface area contributed by atoms with E-state index in [1.807, 2.05) is 11.0 Å². The van der Waals surface area contributed by atoms with E-state index in [0.29, 0.717) is 44.2 Å². The van der Waals surface area contributed by atoms with Gasteiger partial charge in [-0.3, -0.25) is 4.90 Å². The summed E-state index contributed by atoms with van der Waals surface area (Å²) < 4.78 is 44.7. The minimum Gasteiger partial charge on any atom is -0.504 e. The molecule has 1 aliphatic heterocycles. The number of alkyl halides is 3. The molecular weight excluding hydrogens is 425 g/mol. The molecule has 0 bridgehead atoms. The highest BCUT2D eigenvalue weighted by atomic mass is 79.9. The van der Waals surface area contributed by atoms with Crippen LogP contribution in [0, 0.1) is 0 Å². The molecule has 1 fully saturated rings. The van der Waals surface area contributed by atoms with Gasteiger partial charge in [-0.2, -0.15) is 13.2 Å². The first-order chi connectivity index (χ1) is 12.8. The minimum atomic E-state index is -4.34. The lowest BCUT2D eigenvalue weighted by Crippen LogP contribution is -2.46. The molecule has 1 aliphatic rings. The number of rotatable bonds is 4. The molecule has 4 nitrogen and oxygen atoms in total. The lowest BCUT2D eigenvalue weighted by Gasteiger charge is -2.36. The molecule has 3 rings (SSSR count). The van der Waals surface area contributed by atoms with E-state index < -0.39 is 11.7 Å². The van der Waals surface area contributed by atoms with Crippen LogP contribution in [-0.2, 0) is 12.7 Å². The lowest BCUT2D eigenvalue weighted by molar-refractivity contribution is -0.137. The van der Waals surface area contributed by atoms with E-state index in [0.717, 1.165) is 16.1 Å². The van der Waals surface area contributed by atoms with Crippen molar-refractivity contribution in [1.29, 1.82) is 0 Å². The summed E-state index contributed by atoms with van der Waals surface area (Å²) in [5.41, 5.74) is 0.693. The van der Waals surface area contributed by atoms with Crippen LogP contribution >= 0.6 is 15.9 Å². The number of methoxy groups -OCH3 is 1. The molecule has 0 aromatic heterocycles. The van der Waals surface area contributed by atoms with Gasteiger partial charge in [0.1, 0.15) is 0 Å². The van der Waals surface area contributed by atoms with Crippen LogP contribution in [0.3, 0.4) is 0 Å². The molecule has 2 aromatic carbocycles. The van der Waals surface area contributed by atoms with E-state index in [4.69, 9.17) is 4.74 Å². The Labute approximate surface area is 164 Å². The number of hydrogen-bond donors (Lipinski definition) is 1. The molecule has 1 saturated heterocycles. The van der Waals surface area contributed by atoms with Crippen LogP contribution in [0.5, 0.6) is 11.5 Å². The first-order valence-corrected chi connectivity index (χ1v) is 9.27. The van der Waals surface area contributed by atoms with Crippen LogP contribution in [0.25, 0.3) is 0 Å². The molecule has 8 heteroatoms. The molecule has 0 aliphatic carbocycles. The molecule has 146 valence electrons. The van der Waals surface area contributed by atoms with Gasteiger partial charge in [-0.25, -0.2) is 0 Å². The summed E-state index contributed by atoms with van der Waals surface area (Å²) in [6.07, 6.45) is -4.34. The Hall–Kier alpha value is -1.93. The second-order valence-corrected chi connectivity index (χ2v) is 7.34. The fraction of sp³-hybridized carbons (Fsp3) is 0.368. The third-order valence-corrected chi connectivity index (χ3v) is 5.10. The molecule has 0 radical (unpaired) electrons. The predicted molar refractivity (Wildman–Crippen MR) is 101 cm³/mol. The maximum absolute atomic E-state index is 12.9. The number of nitrogens with zero attached hydrogens (tertiary/aromatic N) is 2. The molecular formula is C19H20BrF3N2O2. The first-order valence-electron chi connectivity index (χ1n) is 8.48.